The first-order valence-corrected chi connectivity index (χ1v) is 10.0. The summed E-state index contributed by atoms with van der Waals surface area (Å²) >= 11 is 0. The van der Waals surface area contributed by atoms with Crippen LogP contribution in [0.3, 0.4) is 0 Å². The van der Waals surface area contributed by atoms with Gasteiger partial charge in [-0.3, -0.25) is 4.79 Å². The Morgan fingerprint density at radius 2 is 1.93 bits per heavy atom. The fraction of sp³-hybridized carbons (Fsp3) is 0.455. The minimum absolute atomic E-state index is 0.0775. The second kappa shape index (κ2) is 7.59. The van der Waals surface area contributed by atoms with E-state index in [2.05, 4.69) is 40.4 Å². The summed E-state index contributed by atoms with van der Waals surface area (Å²) < 4.78 is 2.29. The lowest BCUT2D eigenvalue weighted by Gasteiger charge is -2.34. The van der Waals surface area contributed by atoms with Crippen LogP contribution in [0.15, 0.2) is 36.4 Å². The lowest BCUT2D eigenvalue weighted by atomic mass is 10.0. The van der Waals surface area contributed by atoms with Crippen molar-refractivity contribution >= 4 is 16.9 Å². The zero-order valence-electron chi connectivity index (χ0n) is 16.2. The molecular weight excluding hydrogens is 336 g/mol. The number of imidazole rings is 1. The number of fused-ring (bicyclic) bond motifs is 1. The number of hydrogen-bond donors (Lipinski definition) is 1. The Morgan fingerprint density at radius 1 is 1.15 bits per heavy atom. The molecule has 4 rings (SSSR count). The van der Waals surface area contributed by atoms with E-state index in [0.29, 0.717) is 6.42 Å². The molecule has 1 aromatic carbocycles. The highest BCUT2D eigenvalue weighted by atomic mass is 16.2. The van der Waals surface area contributed by atoms with Gasteiger partial charge in [-0.25, -0.2) is 4.98 Å². The molecular formula is C22H28N4O. The van der Waals surface area contributed by atoms with Crippen molar-refractivity contribution in [3.8, 4) is 0 Å². The quantitative estimate of drug-likeness (QED) is 0.724. The first-order chi connectivity index (χ1) is 13.1. The second-order valence-corrected chi connectivity index (χ2v) is 7.61. The number of H-pyrrole nitrogens is 1. The molecule has 1 saturated heterocycles. The Kier molecular flexibility index (Phi) is 5.01. The van der Waals surface area contributed by atoms with Crippen LogP contribution in [0.4, 0.5) is 0 Å². The van der Waals surface area contributed by atoms with Crippen LogP contribution in [0.2, 0.25) is 0 Å². The summed E-state index contributed by atoms with van der Waals surface area (Å²) in [7, 11) is 0. The van der Waals surface area contributed by atoms with Gasteiger partial charge in [-0.1, -0.05) is 12.1 Å². The number of aromatic amines is 1. The maximum atomic E-state index is 13.0. The van der Waals surface area contributed by atoms with Gasteiger partial charge in [-0.2, -0.15) is 0 Å². The third-order valence-electron chi connectivity index (χ3n) is 5.74. The number of likely N-dealkylation sites (tertiary alicyclic amines) is 1. The molecule has 142 valence electrons. The molecule has 3 aromatic rings. The van der Waals surface area contributed by atoms with Gasteiger partial charge in [0.1, 0.15) is 5.82 Å². The molecule has 0 aliphatic carbocycles. The summed E-state index contributed by atoms with van der Waals surface area (Å²) in [5.74, 6) is 1.18. The SMILES string of the molecule is Cc1ccc(C)n1CCCC(=O)N1CCCC[C@@H]1c1nc2ccccc2[nH]1. The number of piperidine rings is 1. The van der Waals surface area contributed by atoms with Gasteiger partial charge in [-0.05, 0) is 63.8 Å². The van der Waals surface area contributed by atoms with Crippen molar-refractivity contribution in [2.24, 2.45) is 0 Å². The second-order valence-electron chi connectivity index (χ2n) is 7.61. The first kappa shape index (κ1) is 17.8. The third-order valence-corrected chi connectivity index (χ3v) is 5.74. The molecule has 0 radical (unpaired) electrons. The lowest BCUT2D eigenvalue weighted by Crippen LogP contribution is -2.39. The van der Waals surface area contributed by atoms with E-state index in [1.807, 2.05) is 24.3 Å². The van der Waals surface area contributed by atoms with Gasteiger partial charge < -0.3 is 14.5 Å². The molecule has 3 heterocycles. The van der Waals surface area contributed by atoms with E-state index in [-0.39, 0.29) is 11.9 Å². The van der Waals surface area contributed by atoms with E-state index < -0.39 is 0 Å². The third kappa shape index (κ3) is 3.64. The Hall–Kier alpha value is -2.56. The Morgan fingerprint density at radius 3 is 2.70 bits per heavy atom. The van der Waals surface area contributed by atoms with Gasteiger partial charge >= 0.3 is 0 Å². The summed E-state index contributed by atoms with van der Waals surface area (Å²) in [6, 6.07) is 12.4. The van der Waals surface area contributed by atoms with Gasteiger partial charge in [0.25, 0.3) is 0 Å². The van der Waals surface area contributed by atoms with Gasteiger partial charge in [0, 0.05) is 30.9 Å². The maximum absolute atomic E-state index is 13.0. The zero-order valence-corrected chi connectivity index (χ0v) is 16.2. The summed E-state index contributed by atoms with van der Waals surface area (Å²) in [6.45, 7) is 5.98. The standard InChI is InChI=1S/C22H28N4O/c1-16-12-13-17(2)25(16)15-7-11-21(27)26-14-6-5-10-20(26)22-23-18-8-3-4-9-19(18)24-22/h3-4,8-9,12-13,20H,5-7,10-11,14-15H2,1-2H3,(H,23,24)/t20-/m1/s1. The van der Waals surface area contributed by atoms with Gasteiger partial charge in [0.2, 0.25) is 5.91 Å². The van der Waals surface area contributed by atoms with Crippen molar-refractivity contribution in [3.05, 3.63) is 53.6 Å². The van der Waals surface area contributed by atoms with E-state index in [4.69, 9.17) is 4.98 Å². The van der Waals surface area contributed by atoms with Crippen LogP contribution in [-0.2, 0) is 11.3 Å². The molecule has 1 atom stereocenters. The van der Waals surface area contributed by atoms with Crippen LogP contribution in [0.25, 0.3) is 11.0 Å². The average molecular weight is 364 g/mol. The number of carbonyl (C=O) groups is 1. The summed E-state index contributed by atoms with van der Waals surface area (Å²) in [5.41, 5.74) is 4.55. The minimum atomic E-state index is 0.0775. The van der Waals surface area contributed by atoms with Crippen molar-refractivity contribution in [2.75, 3.05) is 6.54 Å². The molecule has 0 unspecified atom stereocenters. The lowest BCUT2D eigenvalue weighted by molar-refractivity contribution is -0.135. The predicted molar refractivity (Wildman–Crippen MR) is 108 cm³/mol. The molecule has 5 heteroatoms. The molecule has 1 aliphatic rings. The molecule has 2 aromatic heterocycles. The fourth-order valence-electron chi connectivity index (χ4n) is 4.23. The zero-order chi connectivity index (χ0) is 18.8. The largest absolute Gasteiger partial charge is 0.349 e. The summed E-state index contributed by atoms with van der Waals surface area (Å²) in [5, 5.41) is 0. The predicted octanol–water partition coefficient (Wildman–Crippen LogP) is 4.52. The van der Waals surface area contributed by atoms with Crippen molar-refractivity contribution < 1.29 is 4.79 Å². The minimum Gasteiger partial charge on any atom is -0.349 e. The van der Waals surface area contributed by atoms with Crippen LogP contribution in [0.1, 0.15) is 55.4 Å². The highest BCUT2D eigenvalue weighted by Crippen LogP contribution is 2.31. The molecule has 0 spiro atoms. The smallest absolute Gasteiger partial charge is 0.223 e. The number of para-hydroxylation sites is 2. The summed E-state index contributed by atoms with van der Waals surface area (Å²) in [6.07, 6.45) is 4.68. The molecule has 5 nitrogen and oxygen atoms in total. The number of amides is 1. The Bertz CT molecular complexity index is 886. The van der Waals surface area contributed by atoms with E-state index in [9.17, 15) is 4.79 Å². The number of carbonyl (C=O) groups excluding carboxylic acids is 1. The average Bonchev–Trinajstić information content (AvgIpc) is 3.26. The number of rotatable bonds is 5. The fourth-order valence-corrected chi connectivity index (χ4v) is 4.23. The molecule has 1 amide bonds. The van der Waals surface area contributed by atoms with Crippen molar-refractivity contribution in [1.29, 1.82) is 0 Å². The number of nitrogens with zero attached hydrogens (tertiary/aromatic N) is 3. The molecule has 0 saturated carbocycles. The molecule has 1 fully saturated rings. The molecule has 1 N–H and O–H groups in total. The monoisotopic (exact) mass is 364 g/mol. The number of hydrogen-bond acceptors (Lipinski definition) is 2. The van der Waals surface area contributed by atoms with E-state index in [0.717, 1.165) is 55.6 Å². The molecule has 1 aliphatic heterocycles. The van der Waals surface area contributed by atoms with E-state index in [1.54, 1.807) is 0 Å². The van der Waals surface area contributed by atoms with Crippen LogP contribution in [0.5, 0.6) is 0 Å². The topological polar surface area (TPSA) is 53.9 Å². The number of benzene rings is 1. The van der Waals surface area contributed by atoms with Gasteiger partial charge in [0.05, 0.1) is 17.1 Å². The van der Waals surface area contributed by atoms with E-state index in [1.165, 1.54) is 11.4 Å². The maximum Gasteiger partial charge on any atom is 0.223 e. The highest BCUT2D eigenvalue weighted by molar-refractivity contribution is 5.78. The van der Waals surface area contributed by atoms with Crippen molar-refractivity contribution in [1.82, 2.24) is 19.4 Å². The molecule has 0 bridgehead atoms. The Labute approximate surface area is 160 Å². The normalized spacial score (nSPS) is 17.6. The number of aromatic nitrogens is 3. The first-order valence-electron chi connectivity index (χ1n) is 10.0. The van der Waals surface area contributed by atoms with Crippen LogP contribution in [-0.4, -0.2) is 31.9 Å². The number of nitrogens with one attached hydrogen (secondary N) is 1. The summed E-state index contributed by atoms with van der Waals surface area (Å²) in [4.78, 5) is 23.2. The van der Waals surface area contributed by atoms with Crippen molar-refractivity contribution in [2.45, 2.75) is 58.5 Å². The van der Waals surface area contributed by atoms with Crippen LogP contribution >= 0.6 is 0 Å². The van der Waals surface area contributed by atoms with Crippen LogP contribution in [0, 0.1) is 13.8 Å². The van der Waals surface area contributed by atoms with Crippen molar-refractivity contribution in [3.63, 3.8) is 0 Å². The van der Waals surface area contributed by atoms with Gasteiger partial charge in [0.15, 0.2) is 0 Å². The number of aryl methyl sites for hydroxylation is 2. The van der Waals surface area contributed by atoms with Crippen LogP contribution < -0.4 is 0 Å². The highest BCUT2D eigenvalue weighted by Gasteiger charge is 2.29. The van der Waals surface area contributed by atoms with Gasteiger partial charge in [-0.15, -0.1) is 0 Å². The Balaban J connectivity index is 1.44. The molecule has 27 heavy (non-hydrogen) atoms. The van der Waals surface area contributed by atoms with E-state index >= 15 is 0 Å².